The third-order valence-electron chi connectivity index (χ3n) is 1.48. The molecule has 0 aliphatic carbocycles. The van der Waals surface area contributed by atoms with Gasteiger partial charge < -0.3 is 4.74 Å². The molecule has 0 unspecified atom stereocenters. The van der Waals surface area contributed by atoms with Crippen molar-refractivity contribution in [3.8, 4) is 5.75 Å². The van der Waals surface area contributed by atoms with Crippen molar-refractivity contribution in [2.24, 2.45) is 0 Å². The maximum absolute atomic E-state index is 11.9. The Labute approximate surface area is 94.2 Å². The molecule has 0 saturated carbocycles. The van der Waals surface area contributed by atoms with E-state index in [1.165, 1.54) is 24.3 Å². The summed E-state index contributed by atoms with van der Waals surface area (Å²) in [5.74, 6) is -0.0811. The van der Waals surface area contributed by atoms with E-state index >= 15 is 0 Å². The van der Waals surface area contributed by atoms with Crippen LogP contribution in [-0.2, 0) is 10.0 Å². The molecule has 0 heterocycles. The molecule has 0 aliphatic rings. The van der Waals surface area contributed by atoms with Crippen LogP contribution in [0.25, 0.3) is 0 Å². The fourth-order valence-corrected chi connectivity index (χ4v) is 1.16. The van der Waals surface area contributed by atoms with Crippen LogP contribution in [0.3, 0.4) is 0 Å². The Balaban J connectivity index is 2.69. The van der Waals surface area contributed by atoms with Gasteiger partial charge in [-0.1, -0.05) is 18.2 Å². The largest absolute Gasteiger partial charge is 0.516 e. The molecule has 9 heteroatoms. The molecule has 0 saturated heterocycles. The Bertz CT molecular complexity index is 497. The first-order chi connectivity index (χ1) is 7.72. The molecule has 1 N–H and O–H groups in total. The highest BCUT2D eigenvalue weighted by Crippen LogP contribution is 2.21. The number of hydrogen-bond donors (Lipinski definition) is 1. The summed E-state index contributed by atoms with van der Waals surface area (Å²) in [6.07, 6.45) is -1.73. The first kappa shape index (κ1) is 13.3. The summed E-state index contributed by atoms with van der Waals surface area (Å²) in [6.45, 7) is 0. The number of halogens is 3. The van der Waals surface area contributed by atoms with Crippen molar-refractivity contribution in [2.45, 2.75) is 5.51 Å². The number of rotatable bonds is 2. The molecular formula is C8H6F3NO4S. The van der Waals surface area contributed by atoms with Crippen LogP contribution < -0.4 is 9.46 Å². The number of nitrogens with one attached hydrogen (secondary N) is 1. The van der Waals surface area contributed by atoms with Crippen molar-refractivity contribution in [2.75, 3.05) is 0 Å². The second kappa shape index (κ2) is 4.62. The average Bonchev–Trinajstić information content (AvgIpc) is 2.16. The monoisotopic (exact) mass is 269 g/mol. The lowest BCUT2D eigenvalue weighted by molar-refractivity contribution is -0.0446. The van der Waals surface area contributed by atoms with Gasteiger partial charge in [0.05, 0.1) is 0 Å². The normalized spacial score (nSPS) is 11.9. The summed E-state index contributed by atoms with van der Waals surface area (Å²) in [5, 5.41) is 0. The zero-order valence-electron chi connectivity index (χ0n) is 8.06. The minimum atomic E-state index is -5.74. The molecule has 0 aliphatic heterocycles. The predicted molar refractivity (Wildman–Crippen MR) is 50.6 cm³/mol. The van der Waals surface area contributed by atoms with Gasteiger partial charge in [0.2, 0.25) is 0 Å². The Hall–Kier alpha value is -1.77. The van der Waals surface area contributed by atoms with E-state index in [1.54, 1.807) is 6.07 Å². The van der Waals surface area contributed by atoms with Crippen LogP contribution >= 0.6 is 0 Å². The molecule has 17 heavy (non-hydrogen) atoms. The number of benzene rings is 1. The first-order valence-electron chi connectivity index (χ1n) is 4.08. The maximum atomic E-state index is 11.9. The lowest BCUT2D eigenvalue weighted by atomic mass is 10.3. The first-order valence-corrected chi connectivity index (χ1v) is 5.56. The fraction of sp³-hybridized carbons (Fsp3) is 0.125. The van der Waals surface area contributed by atoms with Crippen molar-refractivity contribution in [3.63, 3.8) is 0 Å². The summed E-state index contributed by atoms with van der Waals surface area (Å²) < 4.78 is 61.7. The highest BCUT2D eigenvalue weighted by molar-refractivity contribution is 7.90. The SMILES string of the molecule is O=C(NS(=O)(=O)C(F)(F)F)Oc1ccccc1. The van der Waals surface area contributed by atoms with E-state index in [9.17, 15) is 26.4 Å². The van der Waals surface area contributed by atoms with Crippen molar-refractivity contribution >= 4 is 16.1 Å². The van der Waals surface area contributed by atoms with Crippen molar-refractivity contribution in [1.29, 1.82) is 0 Å². The summed E-state index contributed by atoms with van der Waals surface area (Å²) in [6, 6.07) is 7.05. The highest BCUT2D eigenvalue weighted by atomic mass is 32.2. The minimum absolute atomic E-state index is 0.0811. The molecule has 0 radical (unpaired) electrons. The molecule has 94 valence electrons. The molecule has 1 aromatic carbocycles. The van der Waals surface area contributed by atoms with Gasteiger partial charge in [-0.2, -0.15) is 21.6 Å². The average molecular weight is 269 g/mol. The van der Waals surface area contributed by atoms with Crippen molar-refractivity contribution in [1.82, 2.24) is 4.72 Å². The number of carbonyl (C=O) groups is 1. The topological polar surface area (TPSA) is 72.5 Å². The van der Waals surface area contributed by atoms with Crippen LogP contribution in [0.2, 0.25) is 0 Å². The van der Waals surface area contributed by atoms with E-state index in [0.29, 0.717) is 0 Å². The molecule has 0 bridgehead atoms. The third-order valence-corrected chi connectivity index (χ3v) is 2.52. The standard InChI is InChI=1S/C8H6F3NO4S/c9-8(10,11)17(14,15)12-7(13)16-6-4-2-1-3-5-6/h1-5H,(H,12,13). The van der Waals surface area contributed by atoms with Crippen LogP contribution in [-0.4, -0.2) is 20.0 Å². The second-order valence-electron chi connectivity index (χ2n) is 2.75. The van der Waals surface area contributed by atoms with Crippen LogP contribution in [0.5, 0.6) is 5.75 Å². The van der Waals surface area contributed by atoms with E-state index in [4.69, 9.17) is 0 Å². The van der Waals surface area contributed by atoms with Gasteiger partial charge in [0.15, 0.2) is 0 Å². The zero-order chi connectivity index (χ0) is 13.1. The molecule has 0 spiro atoms. The molecule has 1 aromatic rings. The Morgan fingerprint density at radius 1 is 1.18 bits per heavy atom. The van der Waals surface area contributed by atoms with Crippen LogP contribution in [0, 0.1) is 0 Å². The quantitative estimate of drug-likeness (QED) is 0.885. The molecule has 0 fully saturated rings. The van der Waals surface area contributed by atoms with Crippen molar-refractivity contribution < 1.29 is 31.1 Å². The number of amides is 1. The second-order valence-corrected chi connectivity index (χ2v) is 4.43. The van der Waals surface area contributed by atoms with E-state index < -0.39 is 21.6 Å². The summed E-state index contributed by atoms with van der Waals surface area (Å²) in [4.78, 5) is 10.9. The number of para-hydroxylation sites is 1. The van der Waals surface area contributed by atoms with Gasteiger partial charge in [0, 0.05) is 0 Å². The van der Waals surface area contributed by atoms with Crippen LogP contribution in [0.4, 0.5) is 18.0 Å². The predicted octanol–water partition coefficient (Wildman–Crippen LogP) is 1.62. The molecule has 5 nitrogen and oxygen atoms in total. The lowest BCUT2D eigenvalue weighted by Gasteiger charge is -2.09. The third kappa shape index (κ3) is 3.63. The summed E-state index contributed by atoms with van der Waals surface area (Å²) >= 11 is 0. The number of hydrogen-bond acceptors (Lipinski definition) is 4. The zero-order valence-corrected chi connectivity index (χ0v) is 8.88. The smallest absolute Gasteiger partial charge is 0.410 e. The van der Waals surface area contributed by atoms with Gasteiger partial charge in [-0.25, -0.2) is 9.52 Å². The number of carbonyl (C=O) groups excluding carboxylic acids is 1. The van der Waals surface area contributed by atoms with Crippen LogP contribution in [0.15, 0.2) is 30.3 Å². The van der Waals surface area contributed by atoms with E-state index in [-0.39, 0.29) is 5.75 Å². The molecule has 0 aromatic heterocycles. The number of sulfonamides is 1. The minimum Gasteiger partial charge on any atom is -0.410 e. The van der Waals surface area contributed by atoms with Gasteiger partial charge in [-0.05, 0) is 12.1 Å². The Morgan fingerprint density at radius 3 is 2.18 bits per heavy atom. The van der Waals surface area contributed by atoms with E-state index in [2.05, 4.69) is 4.74 Å². The Morgan fingerprint density at radius 2 is 1.71 bits per heavy atom. The highest BCUT2D eigenvalue weighted by Gasteiger charge is 2.47. The molecule has 1 amide bonds. The molecule has 1 rings (SSSR count). The van der Waals surface area contributed by atoms with Gasteiger partial charge in [-0.15, -0.1) is 0 Å². The van der Waals surface area contributed by atoms with Gasteiger partial charge in [0.1, 0.15) is 5.75 Å². The van der Waals surface area contributed by atoms with E-state index in [1.807, 2.05) is 0 Å². The lowest BCUT2D eigenvalue weighted by Crippen LogP contribution is -2.41. The maximum Gasteiger partial charge on any atom is 0.516 e. The van der Waals surface area contributed by atoms with Gasteiger partial charge in [0.25, 0.3) is 0 Å². The number of ether oxygens (including phenoxy) is 1. The van der Waals surface area contributed by atoms with Crippen molar-refractivity contribution in [3.05, 3.63) is 30.3 Å². The summed E-state index contributed by atoms with van der Waals surface area (Å²) in [5.41, 5.74) is -5.57. The van der Waals surface area contributed by atoms with Gasteiger partial charge >= 0.3 is 21.6 Å². The van der Waals surface area contributed by atoms with Gasteiger partial charge in [-0.3, -0.25) is 0 Å². The fourth-order valence-electron chi connectivity index (χ4n) is 0.784. The Kier molecular flexibility index (Phi) is 3.61. The van der Waals surface area contributed by atoms with Crippen LogP contribution in [0.1, 0.15) is 0 Å². The molecular weight excluding hydrogens is 263 g/mol. The molecule has 0 atom stereocenters. The van der Waals surface area contributed by atoms with E-state index in [0.717, 1.165) is 4.72 Å². The number of alkyl halides is 3. The summed E-state index contributed by atoms with van der Waals surface area (Å²) in [7, 11) is -5.74.